The van der Waals surface area contributed by atoms with E-state index in [0.29, 0.717) is 11.8 Å². The lowest BCUT2D eigenvalue weighted by Gasteiger charge is -2.40. The molecule has 1 aromatic rings. The summed E-state index contributed by atoms with van der Waals surface area (Å²) in [5, 5.41) is 1.47. The van der Waals surface area contributed by atoms with E-state index < -0.39 is 13.8 Å². The van der Waals surface area contributed by atoms with Gasteiger partial charge in [0.2, 0.25) is 0 Å². The Morgan fingerprint density at radius 3 is 2.25 bits per heavy atom. The lowest BCUT2D eigenvalue weighted by molar-refractivity contribution is -0.538. The van der Waals surface area contributed by atoms with Gasteiger partial charge < -0.3 is 4.48 Å². The van der Waals surface area contributed by atoms with Crippen LogP contribution in [0.25, 0.3) is 0 Å². The van der Waals surface area contributed by atoms with Gasteiger partial charge in [-0.25, -0.2) is 0 Å². The second-order valence-corrected chi connectivity index (χ2v) is 12.9. The first-order valence-electron chi connectivity index (χ1n) is 7.47. The van der Waals surface area contributed by atoms with Gasteiger partial charge in [0.25, 0.3) is 0 Å². The van der Waals surface area contributed by atoms with Crippen molar-refractivity contribution in [3.05, 3.63) is 53.8 Å². The van der Waals surface area contributed by atoms with Crippen molar-refractivity contribution < 1.29 is 4.48 Å². The molecule has 0 amide bonds. The fourth-order valence-corrected chi connectivity index (χ4v) is 6.39. The first-order valence-corrected chi connectivity index (χ1v) is 11.4. The zero-order chi connectivity index (χ0) is 15.0. The highest BCUT2D eigenvalue weighted by molar-refractivity contribution is 7.28. The molecule has 0 saturated heterocycles. The van der Waals surface area contributed by atoms with Gasteiger partial charge in [-0.3, -0.25) is 11.5 Å². The van der Waals surface area contributed by atoms with Crippen molar-refractivity contribution in [2.75, 3.05) is 0 Å². The van der Waals surface area contributed by atoms with E-state index in [2.05, 4.69) is 80.6 Å². The van der Waals surface area contributed by atoms with Gasteiger partial charge in [-0.2, -0.15) is 11.1 Å². The lowest BCUT2D eigenvalue weighted by atomic mass is 9.55. The standard InChI is InChI=1S/C16H25BClNSi/c1-14(2)15-9-10-17(18,16(13-15)20(3,4)5)19-11-7-6-8-12-19/h6-15H,1-5H3. The fraction of sp³-hybridized carbons (Fsp3) is 0.438. The first kappa shape index (κ1) is 15.6. The maximum Gasteiger partial charge on any atom is 0.401 e. The van der Waals surface area contributed by atoms with Crippen LogP contribution in [-0.2, 0) is 0 Å². The molecule has 2 heterocycles. The third-order valence-electron chi connectivity index (χ3n) is 4.20. The average molecular weight is 306 g/mol. The van der Waals surface area contributed by atoms with E-state index in [4.69, 9.17) is 11.5 Å². The molecular weight excluding hydrogens is 281 g/mol. The molecule has 0 spiro atoms. The average Bonchev–Trinajstić information content (AvgIpc) is 2.38. The van der Waals surface area contributed by atoms with Crippen molar-refractivity contribution in [1.29, 1.82) is 0 Å². The van der Waals surface area contributed by atoms with Crippen molar-refractivity contribution >= 4 is 25.2 Å². The van der Waals surface area contributed by atoms with Gasteiger partial charge in [0, 0.05) is 8.07 Å². The van der Waals surface area contributed by atoms with Gasteiger partial charge in [-0.15, -0.1) is 12.2 Å². The molecule has 2 atom stereocenters. The number of pyridine rings is 1. The highest BCUT2D eigenvalue weighted by Gasteiger charge is 2.43. The highest BCUT2D eigenvalue weighted by atomic mass is 35.5. The Kier molecular flexibility index (Phi) is 4.31. The fourth-order valence-electron chi connectivity index (χ4n) is 2.97. The summed E-state index contributed by atoms with van der Waals surface area (Å²) in [4.78, 5) is 0. The zero-order valence-electron chi connectivity index (χ0n) is 13.2. The summed E-state index contributed by atoms with van der Waals surface area (Å²) in [6, 6.07) is 6.14. The molecule has 0 fully saturated rings. The van der Waals surface area contributed by atoms with Crippen molar-refractivity contribution in [2.45, 2.75) is 33.5 Å². The van der Waals surface area contributed by atoms with E-state index in [0.717, 1.165) is 0 Å². The van der Waals surface area contributed by atoms with Gasteiger partial charge >= 0.3 is 5.70 Å². The molecule has 1 aliphatic rings. The van der Waals surface area contributed by atoms with Crippen LogP contribution in [0.1, 0.15) is 13.8 Å². The predicted octanol–water partition coefficient (Wildman–Crippen LogP) is 4.23. The van der Waals surface area contributed by atoms with Gasteiger partial charge in [0.05, 0.1) is 0 Å². The number of aromatic nitrogens is 1. The van der Waals surface area contributed by atoms with E-state index in [9.17, 15) is 0 Å². The Bertz CT molecular complexity index is 533. The summed E-state index contributed by atoms with van der Waals surface area (Å²) in [5.41, 5.74) is -1.30. The predicted molar refractivity (Wildman–Crippen MR) is 92.5 cm³/mol. The first-order chi connectivity index (χ1) is 9.25. The van der Waals surface area contributed by atoms with Crippen LogP contribution in [0.5, 0.6) is 0 Å². The molecule has 0 N–H and O–H groups in total. The molecule has 0 aliphatic carbocycles. The summed E-state index contributed by atoms with van der Waals surface area (Å²) < 4.78 is 2.18. The Morgan fingerprint density at radius 1 is 1.15 bits per heavy atom. The van der Waals surface area contributed by atoms with E-state index >= 15 is 0 Å². The number of hydrogen-bond donors (Lipinski definition) is 0. The quantitative estimate of drug-likeness (QED) is 0.736. The zero-order valence-corrected chi connectivity index (χ0v) is 14.9. The molecule has 2 unspecified atom stereocenters. The maximum absolute atomic E-state index is 7.13. The number of nitrogens with zero attached hydrogens (tertiary/aromatic N) is 1. The van der Waals surface area contributed by atoms with Gasteiger partial charge in [0.1, 0.15) is 12.4 Å². The minimum Gasteiger partial charge on any atom is -0.406 e. The van der Waals surface area contributed by atoms with Crippen LogP contribution in [0, 0.1) is 11.8 Å². The number of hydrogen-bond acceptors (Lipinski definition) is 0. The monoisotopic (exact) mass is 305 g/mol. The van der Waals surface area contributed by atoms with Crippen LogP contribution in [-0.4, -0.2) is 13.8 Å². The minimum absolute atomic E-state index is 0.509. The molecule has 20 heavy (non-hydrogen) atoms. The molecule has 0 aromatic carbocycles. The lowest BCUT2D eigenvalue weighted by Crippen LogP contribution is -2.65. The van der Waals surface area contributed by atoms with Crippen molar-refractivity contribution in [3.8, 4) is 0 Å². The maximum atomic E-state index is 7.13. The minimum atomic E-state index is -1.48. The van der Waals surface area contributed by atoms with E-state index in [1.165, 1.54) is 5.10 Å². The molecule has 0 radical (unpaired) electrons. The van der Waals surface area contributed by atoms with E-state index in [1.807, 2.05) is 6.07 Å². The molecule has 1 aliphatic heterocycles. The Balaban J connectivity index is 2.53. The van der Waals surface area contributed by atoms with Gasteiger partial charge in [-0.05, 0) is 24.0 Å². The second-order valence-electron chi connectivity index (χ2n) is 7.18. The van der Waals surface area contributed by atoms with Crippen molar-refractivity contribution in [1.82, 2.24) is 0 Å². The molecule has 1 aromatic heterocycles. The SMILES string of the molecule is CC(C)C1C=C[B-](Cl)([n+]2ccccc2)C([Si](C)(C)C)=C1. The summed E-state index contributed by atoms with van der Waals surface area (Å²) in [6.07, 6.45) is 8.91. The van der Waals surface area contributed by atoms with E-state index in [1.54, 1.807) is 0 Å². The van der Waals surface area contributed by atoms with Gasteiger partial charge in [0.15, 0.2) is 0 Å². The molecule has 4 heteroatoms. The summed E-state index contributed by atoms with van der Waals surface area (Å²) in [6.45, 7) is 11.7. The van der Waals surface area contributed by atoms with Crippen LogP contribution in [0.4, 0.5) is 0 Å². The van der Waals surface area contributed by atoms with Crippen molar-refractivity contribution in [2.24, 2.45) is 11.8 Å². The largest absolute Gasteiger partial charge is 0.406 e. The molecule has 2 rings (SSSR count). The number of allylic oxidation sites excluding steroid dienone is 2. The summed E-state index contributed by atoms with van der Waals surface area (Å²) >= 11 is 7.13. The Hall–Kier alpha value is -0.798. The van der Waals surface area contributed by atoms with Gasteiger partial charge in [-0.1, -0.05) is 39.6 Å². The van der Waals surface area contributed by atoms with E-state index in [-0.39, 0.29) is 0 Å². The topological polar surface area (TPSA) is 3.88 Å². The van der Waals surface area contributed by atoms with Crippen LogP contribution in [0.15, 0.2) is 53.8 Å². The molecular formula is C16H25BClNSi. The third kappa shape index (κ3) is 2.94. The second kappa shape index (κ2) is 5.53. The normalized spacial score (nSPS) is 26.8. The smallest absolute Gasteiger partial charge is 0.401 e. The number of halogens is 1. The number of rotatable bonds is 3. The molecule has 108 valence electrons. The highest BCUT2D eigenvalue weighted by Crippen LogP contribution is 2.34. The van der Waals surface area contributed by atoms with Crippen LogP contribution in [0.2, 0.25) is 19.6 Å². The third-order valence-corrected chi connectivity index (χ3v) is 7.33. The molecule has 0 saturated carbocycles. The van der Waals surface area contributed by atoms with Crippen LogP contribution < -0.4 is 4.48 Å². The summed E-state index contributed by atoms with van der Waals surface area (Å²) in [7, 11) is -1.48. The van der Waals surface area contributed by atoms with Crippen LogP contribution >= 0.6 is 11.5 Å². The molecule has 1 nitrogen and oxygen atoms in total. The molecule has 0 bridgehead atoms. The van der Waals surface area contributed by atoms with Crippen molar-refractivity contribution in [3.63, 3.8) is 0 Å². The van der Waals surface area contributed by atoms with Crippen LogP contribution in [0.3, 0.4) is 0 Å². The summed E-state index contributed by atoms with van der Waals surface area (Å²) in [5.74, 6) is 3.38. The Morgan fingerprint density at radius 2 is 1.75 bits per heavy atom. The Labute approximate surface area is 129 Å².